The monoisotopic (exact) mass is 1180 g/mol. The normalized spacial score (nSPS) is 14.7. The first-order valence-electron chi connectivity index (χ1n) is 27.0. The molecule has 10 aromatic rings. The summed E-state index contributed by atoms with van der Waals surface area (Å²) in [7, 11) is 2.11. The van der Waals surface area contributed by atoms with Gasteiger partial charge in [-0.3, -0.25) is 0 Å². The van der Waals surface area contributed by atoms with Crippen molar-refractivity contribution in [1.29, 1.82) is 0 Å². The van der Waals surface area contributed by atoms with Gasteiger partial charge in [0, 0.05) is 73.7 Å². The van der Waals surface area contributed by atoms with Gasteiger partial charge < -0.3 is 23.3 Å². The van der Waals surface area contributed by atoms with Crippen LogP contribution >= 0.6 is 0 Å². The van der Waals surface area contributed by atoms with E-state index in [4.69, 9.17) is 9.72 Å². The molecule has 0 saturated carbocycles. The number of para-hydroxylation sites is 3. The molecule has 0 unspecified atom stereocenters. The Morgan fingerprint density at radius 3 is 1.95 bits per heavy atom. The second-order valence-electron chi connectivity index (χ2n) is 25.7. The van der Waals surface area contributed by atoms with Gasteiger partial charge in [-0.2, -0.15) is 12.1 Å². The van der Waals surface area contributed by atoms with Crippen LogP contribution in [0.5, 0.6) is 11.5 Å². The maximum absolute atomic E-state index is 7.05. The first-order chi connectivity index (χ1) is 35.6. The fourth-order valence-corrected chi connectivity index (χ4v) is 12.9. The van der Waals surface area contributed by atoms with Crippen molar-refractivity contribution >= 4 is 44.2 Å². The van der Waals surface area contributed by atoms with Crippen LogP contribution in [-0.2, 0) is 61.6 Å². The molecule has 3 aromatic heterocycles. The molecule has 0 bridgehead atoms. The minimum atomic E-state index is -0.703. The van der Waals surface area contributed by atoms with Crippen LogP contribution in [-0.4, -0.2) is 20.7 Å². The van der Waals surface area contributed by atoms with Gasteiger partial charge in [-0.25, -0.2) is 4.98 Å². The Hall–Kier alpha value is -6.75. The van der Waals surface area contributed by atoms with Crippen molar-refractivity contribution in [3.8, 4) is 34.1 Å². The Morgan fingerprint density at radius 1 is 0.618 bits per heavy atom. The van der Waals surface area contributed by atoms with Crippen molar-refractivity contribution in [2.24, 2.45) is 7.05 Å². The molecule has 0 saturated heterocycles. The van der Waals surface area contributed by atoms with Crippen LogP contribution in [0.1, 0.15) is 140 Å². The van der Waals surface area contributed by atoms with E-state index in [1.165, 1.54) is 66.9 Å². The number of pyridine rings is 1. The van der Waals surface area contributed by atoms with E-state index >= 15 is 0 Å². The average molecular weight is 1180 g/mol. The number of benzene rings is 7. The summed E-state index contributed by atoms with van der Waals surface area (Å²) in [6.07, 6.45) is 7.90. The van der Waals surface area contributed by atoms with Crippen LogP contribution < -0.4 is 14.2 Å². The number of hydrogen-bond donors (Lipinski definition) is 0. The van der Waals surface area contributed by atoms with Crippen molar-refractivity contribution in [3.63, 3.8) is 0 Å². The van der Waals surface area contributed by atoms with Crippen LogP contribution in [0.25, 0.3) is 55.5 Å². The molecular formula is C69H67N5OPt-2. The van der Waals surface area contributed by atoms with E-state index in [-0.39, 0.29) is 42.7 Å². The van der Waals surface area contributed by atoms with Crippen molar-refractivity contribution < 1.29 is 30.4 Å². The number of imidazole rings is 1. The Labute approximate surface area is 463 Å². The number of fused-ring (bicyclic) bond motifs is 13. The molecule has 1 spiro atoms. The molecule has 6 nitrogen and oxygen atoms in total. The van der Waals surface area contributed by atoms with Crippen LogP contribution in [0.4, 0.5) is 11.4 Å². The Morgan fingerprint density at radius 2 is 1.26 bits per heavy atom. The summed E-state index contributed by atoms with van der Waals surface area (Å²) < 4.78 is 13.7. The first-order valence-corrected chi connectivity index (χ1v) is 27.0. The Bertz CT molecular complexity index is 3950. The van der Waals surface area contributed by atoms with Gasteiger partial charge in [0.1, 0.15) is 5.82 Å². The smallest absolute Gasteiger partial charge is 0.242 e. The summed E-state index contributed by atoms with van der Waals surface area (Å²) in [4.78, 5) is 7.47. The average Bonchev–Trinajstić information content (AvgIpc) is 4.21. The largest absolute Gasteiger partial charge is 0.510 e. The third kappa shape index (κ3) is 7.43. The van der Waals surface area contributed by atoms with Gasteiger partial charge in [0.15, 0.2) is 0 Å². The molecule has 2 aliphatic heterocycles. The number of aryl methyl sites for hydroxylation is 2. The van der Waals surface area contributed by atoms with Crippen LogP contribution in [0.3, 0.4) is 0 Å². The van der Waals surface area contributed by atoms with Crippen molar-refractivity contribution in [2.45, 2.75) is 123 Å². The Balaban J connectivity index is 0.00000582. The van der Waals surface area contributed by atoms with Gasteiger partial charge in [-0.15, -0.1) is 35.2 Å². The van der Waals surface area contributed by atoms with E-state index in [0.29, 0.717) is 11.5 Å². The SMILES string of the molecule is C[n+]1[c-]n2c3c(cccc31)C1(c3ccc(Oc4[c-]c5c(cc4)c4ccccc4n5-c4cc(N5CCCc6ccccc65)ccn4)[c-]c3-2)c2c(cc(C(C)(C)C)cc2C(C)(C)C)-c2cc(C(C)(C)C)cc(C(C)(C)C)c21.[Pt]. The number of ether oxygens (including phenoxy) is 1. The summed E-state index contributed by atoms with van der Waals surface area (Å²) in [5, 5.41) is 2.23. The van der Waals surface area contributed by atoms with Crippen LogP contribution in [0.2, 0.25) is 0 Å². The first kappa shape index (κ1) is 50.1. The molecule has 0 fully saturated rings. The third-order valence-corrected chi connectivity index (χ3v) is 16.6. The number of anilines is 2. The third-order valence-electron chi connectivity index (χ3n) is 16.6. The summed E-state index contributed by atoms with van der Waals surface area (Å²) in [5.74, 6) is 2.05. The molecule has 76 heavy (non-hydrogen) atoms. The van der Waals surface area contributed by atoms with Crippen molar-refractivity contribution in [2.75, 3.05) is 11.4 Å². The molecule has 0 N–H and O–H groups in total. The maximum atomic E-state index is 7.05. The Kier molecular flexibility index (Phi) is 11.3. The van der Waals surface area contributed by atoms with Gasteiger partial charge in [0.2, 0.25) is 6.33 Å². The van der Waals surface area contributed by atoms with Crippen LogP contribution in [0, 0.1) is 18.5 Å². The molecule has 1 aliphatic carbocycles. The molecule has 3 aliphatic rings. The molecule has 13 rings (SSSR count). The number of hydrogen-bond acceptors (Lipinski definition) is 3. The molecular weight excluding hydrogens is 1110 g/mol. The zero-order valence-corrected chi connectivity index (χ0v) is 48.6. The van der Waals surface area contributed by atoms with Crippen molar-refractivity contribution in [1.82, 2.24) is 14.1 Å². The second-order valence-corrected chi connectivity index (χ2v) is 25.7. The fourth-order valence-electron chi connectivity index (χ4n) is 12.9. The topological polar surface area (TPSA) is 39.1 Å². The summed E-state index contributed by atoms with van der Waals surface area (Å²) >= 11 is 0. The zero-order chi connectivity index (χ0) is 52.3. The van der Waals surface area contributed by atoms with E-state index < -0.39 is 5.41 Å². The number of rotatable bonds is 4. The molecule has 0 amide bonds. The summed E-state index contributed by atoms with van der Waals surface area (Å²) in [6, 6.07) is 55.2. The fraction of sp³-hybridized carbons (Fsp3) is 0.304. The zero-order valence-electron chi connectivity index (χ0n) is 46.3. The predicted molar refractivity (Wildman–Crippen MR) is 307 cm³/mol. The molecule has 7 aromatic carbocycles. The molecule has 0 radical (unpaired) electrons. The van der Waals surface area contributed by atoms with E-state index in [0.717, 1.165) is 69.4 Å². The van der Waals surface area contributed by atoms with E-state index in [1.807, 2.05) is 12.3 Å². The minimum absolute atomic E-state index is 0. The summed E-state index contributed by atoms with van der Waals surface area (Å²) in [6.45, 7) is 29.5. The molecule has 386 valence electrons. The predicted octanol–water partition coefficient (Wildman–Crippen LogP) is 16.1. The van der Waals surface area contributed by atoms with E-state index in [9.17, 15) is 0 Å². The van der Waals surface area contributed by atoms with Gasteiger partial charge in [-0.1, -0.05) is 173 Å². The van der Waals surface area contributed by atoms with Crippen molar-refractivity contribution in [3.05, 3.63) is 202 Å². The molecule has 7 heteroatoms. The van der Waals surface area contributed by atoms with Gasteiger partial charge in [0.25, 0.3) is 0 Å². The maximum Gasteiger partial charge on any atom is 0.242 e. The molecule has 5 heterocycles. The van der Waals surface area contributed by atoms with Gasteiger partial charge in [0.05, 0.1) is 18.1 Å². The standard InChI is InChI=1S/C69H67N5O.Pt/c1-65(2,3)43-34-50-51-35-44(66(4,5)6)37-55(68(10,11)12)63(51)69(62(50)54(36-43)67(7,8)9)52-30-28-47(40-60(52)73-41-71(13)58-26-18-23-53(69)64(58)73)75-46-27-29-49-48-22-15-17-25-57(48)74(59(49)39-46)61-38-45(31-32-70-61)72-33-19-21-42-20-14-16-24-56(42)72;/h14-18,20,22-32,34-38H,19,21,33H2,1-13H3;/q-2;. The molecule has 0 atom stereocenters. The summed E-state index contributed by atoms with van der Waals surface area (Å²) in [5.41, 5.74) is 21.0. The second kappa shape index (κ2) is 17.1. The van der Waals surface area contributed by atoms with E-state index in [1.54, 1.807) is 0 Å². The van der Waals surface area contributed by atoms with Gasteiger partial charge >= 0.3 is 0 Å². The quantitative estimate of drug-likeness (QED) is 0.130. The van der Waals surface area contributed by atoms with Gasteiger partial charge in [-0.05, 0) is 114 Å². The minimum Gasteiger partial charge on any atom is -0.510 e. The van der Waals surface area contributed by atoms with E-state index in [2.05, 4.69) is 249 Å². The number of nitrogens with zero attached hydrogens (tertiary/aromatic N) is 5. The van der Waals surface area contributed by atoms with Crippen LogP contribution in [0.15, 0.2) is 134 Å². The number of aromatic nitrogens is 4.